The second-order valence-electron chi connectivity index (χ2n) is 4.89. The minimum absolute atomic E-state index is 0.146. The van der Waals surface area contributed by atoms with E-state index in [-0.39, 0.29) is 5.91 Å². The number of para-hydroxylation sites is 1. The summed E-state index contributed by atoms with van der Waals surface area (Å²) in [6.45, 7) is 0.774. The maximum absolute atomic E-state index is 12.6. The van der Waals surface area contributed by atoms with Crippen molar-refractivity contribution in [3.63, 3.8) is 0 Å². The second kappa shape index (κ2) is 6.22. The van der Waals surface area contributed by atoms with Crippen LogP contribution in [0.4, 0.5) is 5.69 Å². The lowest BCUT2D eigenvalue weighted by Gasteiger charge is -2.29. The van der Waals surface area contributed by atoms with Gasteiger partial charge in [-0.25, -0.2) is 0 Å². The zero-order valence-corrected chi connectivity index (χ0v) is 12.7. The molecular formula is C17H17NO2S. The molecule has 1 aliphatic heterocycles. The van der Waals surface area contributed by atoms with Crippen LogP contribution in [0.2, 0.25) is 0 Å². The summed E-state index contributed by atoms with van der Waals surface area (Å²) in [5.74, 6) is 1.91. The first-order chi connectivity index (χ1) is 10.3. The number of nitrogens with zero attached hydrogens (tertiary/aromatic N) is 1. The summed E-state index contributed by atoms with van der Waals surface area (Å²) in [5, 5.41) is 0. The monoisotopic (exact) mass is 299 g/mol. The van der Waals surface area contributed by atoms with E-state index in [2.05, 4.69) is 6.07 Å². The van der Waals surface area contributed by atoms with Crippen molar-refractivity contribution in [3.8, 4) is 5.75 Å². The van der Waals surface area contributed by atoms with Gasteiger partial charge in [-0.15, -0.1) is 11.8 Å². The Bertz CT molecular complexity index is 639. The van der Waals surface area contributed by atoms with Crippen molar-refractivity contribution in [1.29, 1.82) is 0 Å². The Balaban J connectivity index is 1.76. The normalized spacial score (nSPS) is 13.7. The molecule has 21 heavy (non-hydrogen) atoms. The number of carbonyl (C=O) groups excluding carboxylic acids is 1. The van der Waals surface area contributed by atoms with Gasteiger partial charge in [-0.3, -0.25) is 4.79 Å². The van der Waals surface area contributed by atoms with E-state index in [4.69, 9.17) is 4.74 Å². The number of ether oxygens (including phenoxy) is 1. The quantitative estimate of drug-likeness (QED) is 0.870. The van der Waals surface area contributed by atoms with Gasteiger partial charge in [0, 0.05) is 17.2 Å². The topological polar surface area (TPSA) is 29.5 Å². The molecule has 0 spiro atoms. The maximum Gasteiger partial charge on any atom is 0.231 e. The molecule has 2 aromatic carbocycles. The lowest BCUT2D eigenvalue weighted by Crippen LogP contribution is -2.36. The van der Waals surface area contributed by atoms with Crippen molar-refractivity contribution in [2.45, 2.75) is 11.3 Å². The number of hydrogen-bond acceptors (Lipinski definition) is 3. The van der Waals surface area contributed by atoms with E-state index >= 15 is 0 Å². The molecule has 2 aromatic rings. The van der Waals surface area contributed by atoms with E-state index < -0.39 is 0 Å². The minimum Gasteiger partial charge on any atom is -0.497 e. The van der Waals surface area contributed by atoms with Crippen LogP contribution in [0.25, 0.3) is 0 Å². The molecule has 4 heteroatoms. The van der Waals surface area contributed by atoms with Gasteiger partial charge in [0.1, 0.15) is 5.75 Å². The fourth-order valence-electron chi connectivity index (χ4n) is 2.44. The molecule has 108 valence electrons. The smallest absolute Gasteiger partial charge is 0.231 e. The number of fused-ring (bicyclic) bond motifs is 1. The molecule has 0 aliphatic carbocycles. The summed E-state index contributed by atoms with van der Waals surface area (Å²) < 4.78 is 5.14. The van der Waals surface area contributed by atoms with Gasteiger partial charge in [0.15, 0.2) is 0 Å². The zero-order valence-electron chi connectivity index (χ0n) is 11.9. The fourth-order valence-corrected chi connectivity index (χ4v) is 3.44. The Morgan fingerprint density at radius 1 is 1.19 bits per heavy atom. The van der Waals surface area contributed by atoms with Crippen molar-refractivity contribution < 1.29 is 9.53 Å². The van der Waals surface area contributed by atoms with Crippen LogP contribution in [-0.4, -0.2) is 25.3 Å². The van der Waals surface area contributed by atoms with Crippen molar-refractivity contribution in [2.24, 2.45) is 0 Å². The van der Waals surface area contributed by atoms with E-state index in [0.717, 1.165) is 29.3 Å². The lowest BCUT2D eigenvalue weighted by atomic mass is 10.1. The van der Waals surface area contributed by atoms with Crippen molar-refractivity contribution in [2.75, 3.05) is 24.3 Å². The van der Waals surface area contributed by atoms with Crippen LogP contribution in [0.5, 0.6) is 5.75 Å². The van der Waals surface area contributed by atoms with Crippen LogP contribution in [-0.2, 0) is 11.2 Å². The van der Waals surface area contributed by atoms with Gasteiger partial charge in [-0.05, 0) is 29.8 Å². The summed E-state index contributed by atoms with van der Waals surface area (Å²) in [7, 11) is 1.64. The predicted octanol–water partition coefficient (Wildman–Crippen LogP) is 3.38. The molecule has 0 aromatic heterocycles. The van der Waals surface area contributed by atoms with Gasteiger partial charge in [0.25, 0.3) is 0 Å². The van der Waals surface area contributed by atoms with Gasteiger partial charge in [-0.2, -0.15) is 0 Å². The third-order valence-electron chi connectivity index (χ3n) is 3.54. The van der Waals surface area contributed by atoms with Crippen molar-refractivity contribution >= 4 is 23.4 Å². The molecule has 0 fully saturated rings. The predicted molar refractivity (Wildman–Crippen MR) is 86.2 cm³/mol. The van der Waals surface area contributed by atoms with Gasteiger partial charge >= 0.3 is 0 Å². The molecule has 1 aliphatic rings. The summed E-state index contributed by atoms with van der Waals surface area (Å²) >= 11 is 1.81. The molecule has 0 radical (unpaired) electrons. The Morgan fingerprint density at radius 2 is 1.95 bits per heavy atom. The number of benzene rings is 2. The molecule has 0 N–H and O–H groups in total. The first kappa shape index (κ1) is 14.0. The highest BCUT2D eigenvalue weighted by Gasteiger charge is 2.22. The van der Waals surface area contributed by atoms with E-state index in [1.54, 1.807) is 7.11 Å². The maximum atomic E-state index is 12.6. The van der Waals surface area contributed by atoms with Crippen LogP contribution >= 0.6 is 11.8 Å². The average Bonchev–Trinajstić information content (AvgIpc) is 2.55. The fraction of sp³-hybridized carbons (Fsp3) is 0.235. The second-order valence-corrected chi connectivity index (χ2v) is 6.02. The standard InChI is InChI=1S/C17H17NO2S/c1-20-14-8-6-13(7-9-14)12-17(19)18-10-11-21-16-5-3-2-4-15(16)18/h2-9H,10-12H2,1H3. The number of thioether (sulfide) groups is 1. The molecule has 0 unspecified atom stereocenters. The first-order valence-corrected chi connectivity index (χ1v) is 7.91. The first-order valence-electron chi connectivity index (χ1n) is 6.93. The van der Waals surface area contributed by atoms with Gasteiger partial charge in [0.2, 0.25) is 5.91 Å². The van der Waals surface area contributed by atoms with Gasteiger partial charge in [0.05, 0.1) is 19.2 Å². The molecular weight excluding hydrogens is 282 g/mol. The molecule has 0 bridgehead atoms. The molecule has 3 nitrogen and oxygen atoms in total. The summed E-state index contributed by atoms with van der Waals surface area (Å²) in [6.07, 6.45) is 0.420. The number of anilines is 1. The lowest BCUT2D eigenvalue weighted by molar-refractivity contribution is -0.118. The molecule has 1 heterocycles. The van der Waals surface area contributed by atoms with E-state index in [0.29, 0.717) is 6.42 Å². The van der Waals surface area contributed by atoms with E-state index in [1.807, 2.05) is 59.1 Å². The van der Waals surface area contributed by atoms with Crippen LogP contribution in [0.3, 0.4) is 0 Å². The molecule has 1 amide bonds. The highest BCUT2D eigenvalue weighted by molar-refractivity contribution is 7.99. The Morgan fingerprint density at radius 3 is 2.71 bits per heavy atom. The van der Waals surface area contributed by atoms with Crippen LogP contribution in [0, 0.1) is 0 Å². The molecule has 3 rings (SSSR count). The zero-order chi connectivity index (χ0) is 14.7. The Labute approximate surface area is 128 Å². The van der Waals surface area contributed by atoms with Crippen LogP contribution < -0.4 is 9.64 Å². The highest BCUT2D eigenvalue weighted by atomic mass is 32.2. The summed E-state index contributed by atoms with van der Waals surface area (Å²) in [6, 6.07) is 15.8. The Hall–Kier alpha value is -1.94. The van der Waals surface area contributed by atoms with Gasteiger partial charge < -0.3 is 9.64 Å². The third-order valence-corrected chi connectivity index (χ3v) is 4.59. The number of carbonyl (C=O) groups is 1. The minimum atomic E-state index is 0.146. The van der Waals surface area contributed by atoms with E-state index in [9.17, 15) is 4.79 Å². The molecule has 0 saturated heterocycles. The SMILES string of the molecule is COc1ccc(CC(=O)N2CCSc3ccccc32)cc1. The third kappa shape index (κ3) is 3.05. The molecule has 0 atom stereocenters. The van der Waals surface area contributed by atoms with Crippen LogP contribution in [0.1, 0.15) is 5.56 Å². The number of methoxy groups -OCH3 is 1. The summed E-state index contributed by atoms with van der Waals surface area (Å²) in [4.78, 5) is 15.7. The number of hydrogen-bond donors (Lipinski definition) is 0. The highest BCUT2D eigenvalue weighted by Crippen LogP contribution is 2.34. The largest absolute Gasteiger partial charge is 0.497 e. The number of rotatable bonds is 3. The average molecular weight is 299 g/mol. The summed E-state index contributed by atoms with van der Waals surface area (Å²) in [5.41, 5.74) is 2.05. The van der Waals surface area contributed by atoms with Crippen molar-refractivity contribution in [1.82, 2.24) is 0 Å². The molecule has 0 saturated carbocycles. The van der Waals surface area contributed by atoms with Gasteiger partial charge in [-0.1, -0.05) is 24.3 Å². The van der Waals surface area contributed by atoms with Crippen molar-refractivity contribution in [3.05, 3.63) is 54.1 Å². The van der Waals surface area contributed by atoms with E-state index in [1.165, 1.54) is 4.90 Å². The van der Waals surface area contributed by atoms with Crippen LogP contribution in [0.15, 0.2) is 53.4 Å². The Kier molecular flexibility index (Phi) is 4.15. The number of amides is 1.